The van der Waals surface area contributed by atoms with Gasteiger partial charge in [-0.1, -0.05) is 43.0 Å². The molecule has 0 radical (unpaired) electrons. The highest BCUT2D eigenvalue weighted by atomic mass is 19.1. The number of halogens is 2. The standard InChI is InChI=1S/C21H13F2N/c1-2-14-6-8-15(9-7-14)10-11-16-4-3-5-17-18(16)12-20(22)19(13-24)21(17)23/h3-9,12H,2H2,1H3. The molecule has 0 saturated heterocycles. The van der Waals surface area contributed by atoms with E-state index in [-0.39, 0.29) is 5.39 Å². The number of hydrogen-bond donors (Lipinski definition) is 0. The second-order valence-electron chi connectivity index (χ2n) is 5.36. The van der Waals surface area contributed by atoms with Gasteiger partial charge in [0, 0.05) is 21.9 Å². The van der Waals surface area contributed by atoms with Crippen molar-refractivity contribution < 1.29 is 8.78 Å². The van der Waals surface area contributed by atoms with Crippen LogP contribution in [0.1, 0.15) is 29.2 Å². The second kappa shape index (κ2) is 6.52. The molecule has 0 saturated carbocycles. The molecule has 0 fully saturated rings. The summed E-state index contributed by atoms with van der Waals surface area (Å²) in [5.41, 5.74) is 2.01. The van der Waals surface area contributed by atoms with Crippen LogP contribution in [-0.2, 0) is 6.42 Å². The minimum Gasteiger partial charge on any atom is -0.205 e. The fourth-order valence-electron chi connectivity index (χ4n) is 2.53. The molecule has 0 amide bonds. The quantitative estimate of drug-likeness (QED) is 0.582. The van der Waals surface area contributed by atoms with E-state index in [1.165, 1.54) is 17.7 Å². The highest BCUT2D eigenvalue weighted by Gasteiger charge is 2.14. The Morgan fingerprint density at radius 2 is 1.71 bits per heavy atom. The van der Waals surface area contributed by atoms with E-state index in [1.54, 1.807) is 18.2 Å². The molecule has 3 aromatic rings. The Labute approximate surface area is 139 Å². The number of fused-ring (bicyclic) bond motifs is 1. The average Bonchev–Trinajstić information content (AvgIpc) is 2.61. The molecule has 3 heteroatoms. The van der Waals surface area contributed by atoms with Crippen LogP contribution in [0.5, 0.6) is 0 Å². The molecule has 0 N–H and O–H groups in total. The molecule has 0 aliphatic rings. The van der Waals surface area contributed by atoms with Gasteiger partial charge >= 0.3 is 0 Å². The molecule has 0 aliphatic heterocycles. The van der Waals surface area contributed by atoms with Gasteiger partial charge in [0.05, 0.1) is 0 Å². The van der Waals surface area contributed by atoms with Crippen molar-refractivity contribution in [2.45, 2.75) is 13.3 Å². The normalized spacial score (nSPS) is 10.1. The van der Waals surface area contributed by atoms with Crippen LogP contribution in [0.2, 0.25) is 0 Å². The van der Waals surface area contributed by atoms with Gasteiger partial charge < -0.3 is 0 Å². The molecule has 0 unspecified atom stereocenters. The maximum Gasteiger partial charge on any atom is 0.151 e. The number of hydrogen-bond acceptors (Lipinski definition) is 1. The number of nitriles is 1. The Kier molecular flexibility index (Phi) is 4.27. The number of rotatable bonds is 1. The molecule has 3 aromatic carbocycles. The lowest BCUT2D eigenvalue weighted by Gasteiger charge is -2.04. The minimum atomic E-state index is -0.871. The molecule has 0 spiro atoms. The Balaban J connectivity index is 2.11. The van der Waals surface area contributed by atoms with Crippen LogP contribution in [-0.4, -0.2) is 0 Å². The van der Waals surface area contributed by atoms with Gasteiger partial charge in [-0.15, -0.1) is 0 Å². The van der Waals surface area contributed by atoms with E-state index in [0.717, 1.165) is 12.0 Å². The van der Waals surface area contributed by atoms with Crippen molar-refractivity contribution in [3.05, 3.63) is 82.4 Å². The van der Waals surface area contributed by atoms with Crippen LogP contribution in [0, 0.1) is 34.8 Å². The zero-order valence-electron chi connectivity index (χ0n) is 13.0. The molecule has 3 rings (SSSR count). The fraction of sp³-hybridized carbons (Fsp3) is 0.0952. The lowest BCUT2D eigenvalue weighted by atomic mass is 10.0. The summed E-state index contributed by atoms with van der Waals surface area (Å²) in [6.45, 7) is 2.08. The predicted octanol–water partition coefficient (Wildman–Crippen LogP) is 4.95. The minimum absolute atomic E-state index is 0.195. The highest BCUT2D eigenvalue weighted by Crippen LogP contribution is 2.26. The van der Waals surface area contributed by atoms with E-state index in [4.69, 9.17) is 5.26 Å². The first-order valence-electron chi connectivity index (χ1n) is 7.55. The van der Waals surface area contributed by atoms with Gasteiger partial charge in [-0.2, -0.15) is 5.26 Å². The van der Waals surface area contributed by atoms with Gasteiger partial charge in [-0.25, -0.2) is 8.78 Å². The number of nitrogens with zero attached hydrogens (tertiary/aromatic N) is 1. The maximum absolute atomic E-state index is 14.2. The first-order chi connectivity index (χ1) is 11.6. The van der Waals surface area contributed by atoms with Gasteiger partial charge in [0.1, 0.15) is 17.4 Å². The monoisotopic (exact) mass is 317 g/mol. The Bertz CT molecular complexity index is 1020. The van der Waals surface area contributed by atoms with Crippen LogP contribution < -0.4 is 0 Å². The molecule has 1 nitrogen and oxygen atoms in total. The van der Waals surface area contributed by atoms with E-state index in [2.05, 4.69) is 18.8 Å². The molecule has 0 aliphatic carbocycles. The largest absolute Gasteiger partial charge is 0.205 e. The van der Waals surface area contributed by atoms with E-state index < -0.39 is 17.2 Å². The zero-order chi connectivity index (χ0) is 17.1. The molecule has 0 aromatic heterocycles. The zero-order valence-corrected chi connectivity index (χ0v) is 13.0. The van der Waals surface area contributed by atoms with Crippen molar-refractivity contribution in [2.75, 3.05) is 0 Å². The Morgan fingerprint density at radius 3 is 2.38 bits per heavy atom. The van der Waals surface area contributed by atoms with Crippen LogP contribution in [0.15, 0.2) is 48.5 Å². The van der Waals surface area contributed by atoms with Crippen molar-refractivity contribution in [3.8, 4) is 17.9 Å². The van der Waals surface area contributed by atoms with Crippen molar-refractivity contribution in [1.82, 2.24) is 0 Å². The van der Waals surface area contributed by atoms with Gasteiger partial charge in [0.2, 0.25) is 0 Å². The lowest BCUT2D eigenvalue weighted by Crippen LogP contribution is -1.93. The summed E-state index contributed by atoms with van der Waals surface area (Å²) in [7, 11) is 0. The van der Waals surface area contributed by atoms with E-state index in [1.807, 2.05) is 24.3 Å². The van der Waals surface area contributed by atoms with Gasteiger partial charge in [-0.05, 0) is 36.2 Å². The third-order valence-corrected chi connectivity index (χ3v) is 3.89. The first-order valence-corrected chi connectivity index (χ1v) is 7.55. The summed E-state index contributed by atoms with van der Waals surface area (Å²) in [4.78, 5) is 0. The Hall–Kier alpha value is -3.17. The smallest absolute Gasteiger partial charge is 0.151 e. The van der Waals surface area contributed by atoms with Crippen molar-refractivity contribution >= 4 is 10.8 Å². The topological polar surface area (TPSA) is 23.8 Å². The molecule has 0 bridgehead atoms. The molecule has 24 heavy (non-hydrogen) atoms. The third kappa shape index (κ3) is 2.85. The molecule has 0 atom stereocenters. The fourth-order valence-corrected chi connectivity index (χ4v) is 2.53. The Morgan fingerprint density at radius 1 is 0.958 bits per heavy atom. The summed E-state index contributed by atoms with van der Waals surface area (Å²) in [5, 5.41) is 9.43. The van der Waals surface area contributed by atoms with Crippen molar-refractivity contribution in [3.63, 3.8) is 0 Å². The summed E-state index contributed by atoms with van der Waals surface area (Å²) in [6.07, 6.45) is 0.955. The van der Waals surface area contributed by atoms with E-state index in [9.17, 15) is 8.78 Å². The highest BCUT2D eigenvalue weighted by molar-refractivity contribution is 5.90. The van der Waals surface area contributed by atoms with Crippen LogP contribution in [0.3, 0.4) is 0 Å². The summed E-state index contributed by atoms with van der Waals surface area (Å²) in [5.74, 6) is 4.26. The van der Waals surface area contributed by atoms with Crippen LogP contribution in [0.25, 0.3) is 10.8 Å². The SMILES string of the molecule is CCc1ccc(C#Cc2cccc3c(F)c(C#N)c(F)cc23)cc1. The summed E-state index contributed by atoms with van der Waals surface area (Å²) >= 11 is 0. The van der Waals surface area contributed by atoms with E-state index >= 15 is 0 Å². The van der Waals surface area contributed by atoms with Gasteiger partial charge in [-0.3, -0.25) is 0 Å². The maximum atomic E-state index is 14.2. The lowest BCUT2D eigenvalue weighted by molar-refractivity contribution is 0.585. The predicted molar refractivity (Wildman–Crippen MR) is 90.4 cm³/mol. The second-order valence-corrected chi connectivity index (χ2v) is 5.36. The van der Waals surface area contributed by atoms with Crippen molar-refractivity contribution in [2.24, 2.45) is 0 Å². The van der Waals surface area contributed by atoms with Gasteiger partial charge in [0.15, 0.2) is 5.82 Å². The van der Waals surface area contributed by atoms with Crippen LogP contribution in [0.4, 0.5) is 8.78 Å². The molecular formula is C21H13F2N. The average molecular weight is 317 g/mol. The first kappa shape index (κ1) is 15.7. The van der Waals surface area contributed by atoms with Crippen LogP contribution >= 0.6 is 0 Å². The molecule has 116 valence electrons. The summed E-state index contributed by atoms with van der Waals surface area (Å²) < 4.78 is 28.1. The van der Waals surface area contributed by atoms with Crippen molar-refractivity contribution in [1.29, 1.82) is 5.26 Å². The summed E-state index contributed by atoms with van der Waals surface area (Å²) in [6, 6.07) is 15.5. The third-order valence-electron chi connectivity index (χ3n) is 3.89. The number of aryl methyl sites for hydroxylation is 1. The molecule has 0 heterocycles. The van der Waals surface area contributed by atoms with Gasteiger partial charge in [0.25, 0.3) is 0 Å². The molecular weight excluding hydrogens is 304 g/mol. The number of benzene rings is 3. The van der Waals surface area contributed by atoms with E-state index in [0.29, 0.717) is 10.9 Å².